The van der Waals surface area contributed by atoms with Gasteiger partial charge in [0.2, 0.25) is 12.8 Å². The van der Waals surface area contributed by atoms with Crippen molar-refractivity contribution in [2.45, 2.75) is 0 Å². The van der Waals surface area contributed by atoms with E-state index in [4.69, 9.17) is 0 Å². The smallest absolute Gasteiger partial charge is 0.215 e. The van der Waals surface area contributed by atoms with E-state index in [2.05, 4.69) is 13.2 Å². The highest BCUT2D eigenvalue weighted by atomic mass is 16.1. The molecule has 0 aliphatic carbocycles. The third-order valence-electron chi connectivity index (χ3n) is 1.07. The lowest BCUT2D eigenvalue weighted by Crippen LogP contribution is -2.29. The van der Waals surface area contributed by atoms with E-state index in [1.54, 1.807) is 0 Å². The van der Waals surface area contributed by atoms with Crippen LogP contribution in [0.1, 0.15) is 0 Å². The summed E-state index contributed by atoms with van der Waals surface area (Å²) in [7, 11) is 0. The molecular formula is C7H10N2O2. The standard InChI is InChI=1S/C7H10N2O2/c1-3-8(6-10)5-9(4-2)7-11/h3-4,6-7H,1-2,5H2. The molecule has 0 aromatic carbocycles. The molecule has 0 bridgehead atoms. The van der Waals surface area contributed by atoms with Crippen molar-refractivity contribution in [2.75, 3.05) is 6.67 Å². The Balaban J connectivity index is 3.95. The number of hydrogen-bond donors (Lipinski definition) is 0. The van der Waals surface area contributed by atoms with Crippen LogP contribution in [0.15, 0.2) is 25.6 Å². The van der Waals surface area contributed by atoms with E-state index in [0.717, 1.165) is 0 Å². The lowest BCUT2D eigenvalue weighted by Gasteiger charge is -2.17. The predicted molar refractivity (Wildman–Crippen MR) is 41.1 cm³/mol. The highest BCUT2D eigenvalue weighted by Gasteiger charge is 1.99. The number of hydrogen-bond acceptors (Lipinski definition) is 2. The molecule has 11 heavy (non-hydrogen) atoms. The van der Waals surface area contributed by atoms with Crippen LogP contribution in [-0.2, 0) is 9.59 Å². The average molecular weight is 154 g/mol. The van der Waals surface area contributed by atoms with E-state index < -0.39 is 0 Å². The molecule has 0 heterocycles. The fraction of sp³-hybridized carbons (Fsp3) is 0.143. The van der Waals surface area contributed by atoms with Gasteiger partial charge >= 0.3 is 0 Å². The van der Waals surface area contributed by atoms with Crippen LogP contribution in [0.4, 0.5) is 0 Å². The predicted octanol–water partition coefficient (Wildman–Crippen LogP) is 0.148. The van der Waals surface area contributed by atoms with Crippen molar-refractivity contribution in [1.82, 2.24) is 9.80 Å². The van der Waals surface area contributed by atoms with Gasteiger partial charge in [-0.2, -0.15) is 0 Å². The first-order valence-electron chi connectivity index (χ1n) is 2.95. The van der Waals surface area contributed by atoms with Gasteiger partial charge in [0.15, 0.2) is 0 Å². The Morgan fingerprint density at radius 1 is 1.00 bits per heavy atom. The summed E-state index contributed by atoms with van der Waals surface area (Å²) in [5.74, 6) is 0. The molecule has 0 saturated carbocycles. The largest absolute Gasteiger partial charge is 0.304 e. The molecule has 0 spiro atoms. The van der Waals surface area contributed by atoms with Crippen molar-refractivity contribution in [3.8, 4) is 0 Å². The lowest BCUT2D eigenvalue weighted by molar-refractivity contribution is -0.121. The minimum absolute atomic E-state index is 0.153. The van der Waals surface area contributed by atoms with Crippen LogP contribution < -0.4 is 0 Å². The normalized spacial score (nSPS) is 8.00. The van der Waals surface area contributed by atoms with E-state index in [0.29, 0.717) is 12.8 Å². The fourth-order valence-electron chi connectivity index (χ4n) is 0.457. The zero-order valence-corrected chi connectivity index (χ0v) is 6.14. The minimum atomic E-state index is 0.153. The summed E-state index contributed by atoms with van der Waals surface area (Å²) in [5.41, 5.74) is 0. The first kappa shape index (κ1) is 9.42. The van der Waals surface area contributed by atoms with Crippen LogP contribution in [0, 0.1) is 0 Å². The maximum atomic E-state index is 10.2. The van der Waals surface area contributed by atoms with Gasteiger partial charge in [0, 0.05) is 12.4 Å². The van der Waals surface area contributed by atoms with Crippen LogP contribution in [0.2, 0.25) is 0 Å². The number of rotatable bonds is 6. The van der Waals surface area contributed by atoms with Crippen LogP contribution in [-0.4, -0.2) is 29.3 Å². The van der Waals surface area contributed by atoms with Crippen molar-refractivity contribution in [2.24, 2.45) is 0 Å². The van der Waals surface area contributed by atoms with Crippen molar-refractivity contribution in [3.05, 3.63) is 25.6 Å². The fourth-order valence-corrected chi connectivity index (χ4v) is 0.457. The van der Waals surface area contributed by atoms with E-state index >= 15 is 0 Å². The summed E-state index contributed by atoms with van der Waals surface area (Å²) < 4.78 is 0. The van der Waals surface area contributed by atoms with Crippen LogP contribution in [0.3, 0.4) is 0 Å². The zero-order chi connectivity index (χ0) is 8.69. The Kier molecular flexibility index (Phi) is 4.47. The molecule has 0 radical (unpaired) electrons. The SMILES string of the molecule is C=CN(C=O)CN(C=C)C=O. The van der Waals surface area contributed by atoms with Gasteiger partial charge in [0.25, 0.3) is 0 Å². The van der Waals surface area contributed by atoms with Crippen molar-refractivity contribution < 1.29 is 9.59 Å². The molecule has 0 aromatic heterocycles. The second-order valence-electron chi connectivity index (χ2n) is 1.75. The monoisotopic (exact) mass is 154 g/mol. The minimum Gasteiger partial charge on any atom is -0.304 e. The van der Waals surface area contributed by atoms with Crippen molar-refractivity contribution in [3.63, 3.8) is 0 Å². The summed E-state index contributed by atoms with van der Waals surface area (Å²) in [4.78, 5) is 22.8. The van der Waals surface area contributed by atoms with Gasteiger partial charge in [-0.15, -0.1) is 0 Å². The summed E-state index contributed by atoms with van der Waals surface area (Å²) in [6.07, 6.45) is 3.81. The molecule has 0 saturated heterocycles. The molecule has 0 aliphatic rings. The summed E-state index contributed by atoms with van der Waals surface area (Å²) in [6, 6.07) is 0. The molecule has 0 atom stereocenters. The van der Waals surface area contributed by atoms with Crippen LogP contribution >= 0.6 is 0 Å². The molecular weight excluding hydrogens is 144 g/mol. The van der Waals surface area contributed by atoms with Gasteiger partial charge < -0.3 is 9.80 Å². The molecule has 0 rings (SSSR count). The molecule has 0 aromatic rings. The highest BCUT2D eigenvalue weighted by molar-refractivity contribution is 5.52. The molecule has 0 unspecified atom stereocenters. The quantitative estimate of drug-likeness (QED) is 0.403. The third kappa shape index (κ3) is 3.20. The lowest BCUT2D eigenvalue weighted by atomic mass is 10.7. The molecule has 4 nitrogen and oxygen atoms in total. The van der Waals surface area contributed by atoms with Crippen LogP contribution in [0.5, 0.6) is 0 Å². The Hall–Kier alpha value is -1.58. The average Bonchev–Trinajstić information content (AvgIpc) is 2.07. The highest BCUT2D eigenvalue weighted by Crippen LogP contribution is 1.88. The van der Waals surface area contributed by atoms with E-state index in [1.165, 1.54) is 22.2 Å². The van der Waals surface area contributed by atoms with Gasteiger partial charge in [-0.3, -0.25) is 9.59 Å². The maximum Gasteiger partial charge on any atom is 0.215 e. The Labute approximate surface area is 65.4 Å². The van der Waals surface area contributed by atoms with E-state index in [9.17, 15) is 9.59 Å². The molecule has 60 valence electrons. The first-order chi connectivity index (χ1) is 5.28. The van der Waals surface area contributed by atoms with E-state index in [1.807, 2.05) is 0 Å². The third-order valence-corrected chi connectivity index (χ3v) is 1.07. The topological polar surface area (TPSA) is 40.6 Å². The Morgan fingerprint density at radius 2 is 1.36 bits per heavy atom. The Morgan fingerprint density at radius 3 is 1.55 bits per heavy atom. The van der Waals surface area contributed by atoms with Gasteiger partial charge in [0.05, 0.1) is 0 Å². The summed E-state index contributed by atoms with van der Waals surface area (Å²) >= 11 is 0. The Bertz CT molecular complexity index is 134. The molecule has 0 fully saturated rings. The molecule has 2 amide bonds. The number of carbonyl (C=O) groups excluding carboxylic acids is 2. The van der Waals surface area contributed by atoms with Gasteiger partial charge in [-0.1, -0.05) is 13.2 Å². The summed E-state index contributed by atoms with van der Waals surface area (Å²) in [6.45, 7) is 6.90. The number of nitrogens with zero attached hydrogens (tertiary/aromatic N) is 2. The van der Waals surface area contributed by atoms with Crippen molar-refractivity contribution in [1.29, 1.82) is 0 Å². The van der Waals surface area contributed by atoms with Gasteiger partial charge in [-0.05, 0) is 0 Å². The maximum absolute atomic E-state index is 10.2. The molecule has 0 N–H and O–H groups in total. The number of amides is 2. The van der Waals surface area contributed by atoms with Gasteiger partial charge in [0.1, 0.15) is 6.67 Å². The summed E-state index contributed by atoms with van der Waals surface area (Å²) in [5, 5.41) is 0. The second-order valence-corrected chi connectivity index (χ2v) is 1.75. The van der Waals surface area contributed by atoms with Gasteiger partial charge in [-0.25, -0.2) is 0 Å². The molecule has 0 aliphatic heterocycles. The van der Waals surface area contributed by atoms with Crippen molar-refractivity contribution >= 4 is 12.8 Å². The molecule has 4 heteroatoms. The van der Waals surface area contributed by atoms with Crippen LogP contribution in [0.25, 0.3) is 0 Å². The second kappa shape index (κ2) is 5.22. The zero-order valence-electron chi connectivity index (χ0n) is 6.14. The van der Waals surface area contributed by atoms with E-state index in [-0.39, 0.29) is 6.67 Å². The first-order valence-corrected chi connectivity index (χ1v) is 2.95. The number of carbonyl (C=O) groups is 2.